The highest BCUT2D eigenvalue weighted by atomic mass is 19.4. The molecular weight excluding hydrogens is 511 g/mol. The zero-order valence-corrected chi connectivity index (χ0v) is 20.0. The third-order valence-corrected chi connectivity index (χ3v) is 5.79. The van der Waals surface area contributed by atoms with Gasteiger partial charge in [0.25, 0.3) is 11.6 Å². The number of hydrogen-bond acceptors (Lipinski definition) is 5. The number of fused-ring (bicyclic) bond motifs is 1. The first-order valence-corrected chi connectivity index (χ1v) is 11.6. The summed E-state index contributed by atoms with van der Waals surface area (Å²) < 4.78 is 44.8. The zero-order chi connectivity index (χ0) is 27.6. The van der Waals surface area contributed by atoms with E-state index in [2.05, 4.69) is 10.3 Å². The van der Waals surface area contributed by atoms with E-state index in [0.29, 0.717) is 16.6 Å². The van der Waals surface area contributed by atoms with Gasteiger partial charge in [0.2, 0.25) is 0 Å². The Morgan fingerprint density at radius 1 is 0.846 bits per heavy atom. The van der Waals surface area contributed by atoms with Crippen LogP contribution in [0, 0.1) is 10.1 Å². The van der Waals surface area contributed by atoms with Crippen molar-refractivity contribution < 1.29 is 27.6 Å². The quantitative estimate of drug-likeness (QED) is 0.178. The second-order valence-electron chi connectivity index (χ2n) is 8.49. The molecule has 0 fully saturated rings. The molecule has 1 amide bonds. The summed E-state index contributed by atoms with van der Waals surface area (Å²) in [6.45, 7) is 0. The van der Waals surface area contributed by atoms with E-state index in [1.54, 1.807) is 30.3 Å². The summed E-state index contributed by atoms with van der Waals surface area (Å²) in [5, 5.41) is 14.8. The fraction of sp³-hybridized carbons (Fsp3) is 0.0345. The SMILES string of the molecule is O=C(Nc1cc(Oc2cccc(C(F)(F)F)c2)cc([N+](=O)[O-])c1)c1cc(-c2ccccc2)nc2ccccc12. The normalized spacial score (nSPS) is 11.3. The number of non-ortho nitro benzene ring substituents is 1. The number of benzene rings is 4. The number of halogens is 3. The van der Waals surface area contributed by atoms with E-state index in [1.165, 1.54) is 12.1 Å². The molecule has 1 heterocycles. The molecule has 0 spiro atoms. The molecule has 0 aliphatic rings. The maximum Gasteiger partial charge on any atom is 0.416 e. The van der Waals surface area contributed by atoms with Crippen molar-refractivity contribution in [2.45, 2.75) is 6.18 Å². The smallest absolute Gasteiger partial charge is 0.416 e. The Morgan fingerprint density at radius 2 is 1.59 bits per heavy atom. The van der Waals surface area contributed by atoms with Crippen LogP contribution in [-0.2, 0) is 6.18 Å². The van der Waals surface area contributed by atoms with Crippen LogP contribution in [0.4, 0.5) is 24.5 Å². The number of rotatable bonds is 6. The van der Waals surface area contributed by atoms with Crippen molar-refractivity contribution in [3.05, 3.63) is 124 Å². The van der Waals surface area contributed by atoms with Gasteiger partial charge in [-0.15, -0.1) is 0 Å². The summed E-state index contributed by atoms with van der Waals surface area (Å²) >= 11 is 0. The summed E-state index contributed by atoms with van der Waals surface area (Å²) in [4.78, 5) is 29.0. The molecule has 39 heavy (non-hydrogen) atoms. The molecule has 7 nitrogen and oxygen atoms in total. The molecule has 0 saturated carbocycles. The van der Waals surface area contributed by atoms with E-state index < -0.39 is 28.3 Å². The number of nitro groups is 1. The molecule has 0 unspecified atom stereocenters. The number of aromatic nitrogens is 1. The lowest BCUT2D eigenvalue weighted by molar-refractivity contribution is -0.384. The Balaban J connectivity index is 1.50. The maximum absolute atomic E-state index is 13.4. The van der Waals surface area contributed by atoms with Crippen molar-refractivity contribution in [2.24, 2.45) is 0 Å². The predicted molar refractivity (Wildman–Crippen MR) is 140 cm³/mol. The number of nitrogens with zero attached hydrogens (tertiary/aromatic N) is 2. The molecule has 5 aromatic rings. The monoisotopic (exact) mass is 529 g/mol. The van der Waals surface area contributed by atoms with Crippen LogP contribution in [0.15, 0.2) is 103 Å². The fourth-order valence-electron chi connectivity index (χ4n) is 4.01. The van der Waals surface area contributed by atoms with Gasteiger partial charge >= 0.3 is 6.18 Å². The van der Waals surface area contributed by atoms with Crippen LogP contribution < -0.4 is 10.1 Å². The third kappa shape index (κ3) is 5.69. The van der Waals surface area contributed by atoms with Gasteiger partial charge in [0.1, 0.15) is 11.5 Å². The molecule has 0 atom stereocenters. The zero-order valence-electron chi connectivity index (χ0n) is 20.0. The van der Waals surface area contributed by atoms with Crippen molar-refractivity contribution in [3.8, 4) is 22.8 Å². The minimum absolute atomic E-state index is 0.0262. The van der Waals surface area contributed by atoms with Crippen LogP contribution in [-0.4, -0.2) is 15.8 Å². The lowest BCUT2D eigenvalue weighted by atomic mass is 10.0. The topological polar surface area (TPSA) is 94.4 Å². The largest absolute Gasteiger partial charge is 0.457 e. The van der Waals surface area contributed by atoms with E-state index in [9.17, 15) is 28.1 Å². The van der Waals surface area contributed by atoms with Crippen LogP contribution in [0.5, 0.6) is 11.5 Å². The van der Waals surface area contributed by atoms with Crippen molar-refractivity contribution in [3.63, 3.8) is 0 Å². The highest BCUT2D eigenvalue weighted by Gasteiger charge is 2.30. The van der Waals surface area contributed by atoms with Gasteiger partial charge in [-0.3, -0.25) is 14.9 Å². The second kappa shape index (κ2) is 10.3. The lowest BCUT2D eigenvalue weighted by Crippen LogP contribution is -2.13. The Kier molecular flexibility index (Phi) is 6.68. The highest BCUT2D eigenvalue weighted by molar-refractivity contribution is 6.13. The molecule has 0 aliphatic heterocycles. The maximum atomic E-state index is 13.4. The standard InChI is InChI=1S/C29H18F3N3O4/c30-29(31,32)19-9-6-10-22(13-19)39-23-15-20(14-21(16-23)35(37)38)33-28(36)25-17-27(18-7-2-1-3-8-18)34-26-12-5-4-11-24(25)26/h1-17H,(H,33,36). The molecular formula is C29H18F3N3O4. The summed E-state index contributed by atoms with van der Waals surface area (Å²) in [6.07, 6.45) is -4.59. The molecule has 5 rings (SSSR count). The summed E-state index contributed by atoms with van der Waals surface area (Å²) in [5.74, 6) is -0.852. The molecule has 10 heteroatoms. The molecule has 1 aromatic heterocycles. The lowest BCUT2D eigenvalue weighted by Gasteiger charge is -2.13. The molecule has 0 radical (unpaired) electrons. The molecule has 0 aliphatic carbocycles. The van der Waals surface area contributed by atoms with E-state index in [0.717, 1.165) is 35.9 Å². The van der Waals surface area contributed by atoms with Crippen LogP contribution in [0.3, 0.4) is 0 Å². The van der Waals surface area contributed by atoms with Crippen LogP contribution in [0.2, 0.25) is 0 Å². The average molecular weight is 529 g/mol. The molecule has 194 valence electrons. The van der Waals surface area contributed by atoms with Gasteiger partial charge in [-0.05, 0) is 30.3 Å². The number of ether oxygens (including phenoxy) is 1. The Bertz CT molecular complexity index is 1710. The van der Waals surface area contributed by atoms with Crippen molar-refractivity contribution in [1.82, 2.24) is 4.98 Å². The van der Waals surface area contributed by atoms with E-state index in [1.807, 2.05) is 30.3 Å². The number of nitro benzene ring substituents is 1. The van der Waals surface area contributed by atoms with Gasteiger partial charge in [0.15, 0.2) is 0 Å². The summed E-state index contributed by atoms with van der Waals surface area (Å²) in [6, 6.07) is 25.6. The Labute approximate surface area is 219 Å². The third-order valence-electron chi connectivity index (χ3n) is 5.79. The summed E-state index contributed by atoms with van der Waals surface area (Å²) in [5.41, 5.74) is 0.898. The van der Waals surface area contributed by atoms with Gasteiger partial charge in [0.05, 0.1) is 39.0 Å². The van der Waals surface area contributed by atoms with Gasteiger partial charge in [-0.1, -0.05) is 54.6 Å². The number of para-hydroxylation sites is 1. The second-order valence-corrected chi connectivity index (χ2v) is 8.49. The Hall–Kier alpha value is -5.25. The Morgan fingerprint density at radius 3 is 2.33 bits per heavy atom. The van der Waals surface area contributed by atoms with E-state index in [4.69, 9.17) is 4.74 Å². The van der Waals surface area contributed by atoms with Gasteiger partial charge in [-0.2, -0.15) is 13.2 Å². The number of pyridine rings is 1. The first kappa shape index (κ1) is 25.4. The molecule has 4 aromatic carbocycles. The van der Waals surface area contributed by atoms with Gasteiger partial charge in [-0.25, -0.2) is 4.98 Å². The number of alkyl halides is 3. The van der Waals surface area contributed by atoms with Gasteiger partial charge < -0.3 is 10.1 Å². The van der Waals surface area contributed by atoms with E-state index >= 15 is 0 Å². The minimum atomic E-state index is -4.59. The predicted octanol–water partition coefficient (Wildman–Crippen LogP) is 7.87. The van der Waals surface area contributed by atoms with Crippen LogP contribution in [0.25, 0.3) is 22.2 Å². The number of anilines is 1. The number of hydrogen-bond donors (Lipinski definition) is 1. The number of nitrogens with one attached hydrogen (secondary N) is 1. The number of amides is 1. The van der Waals surface area contributed by atoms with Crippen LogP contribution in [0.1, 0.15) is 15.9 Å². The average Bonchev–Trinajstić information content (AvgIpc) is 2.92. The first-order valence-electron chi connectivity index (χ1n) is 11.6. The number of carbonyl (C=O) groups excluding carboxylic acids is 1. The minimum Gasteiger partial charge on any atom is -0.457 e. The van der Waals surface area contributed by atoms with Gasteiger partial charge in [0, 0.05) is 23.1 Å². The fourth-order valence-corrected chi connectivity index (χ4v) is 4.01. The van der Waals surface area contributed by atoms with E-state index in [-0.39, 0.29) is 22.7 Å². The first-order chi connectivity index (χ1) is 18.7. The molecule has 0 bridgehead atoms. The summed E-state index contributed by atoms with van der Waals surface area (Å²) in [7, 11) is 0. The highest BCUT2D eigenvalue weighted by Crippen LogP contribution is 2.35. The molecule has 0 saturated heterocycles. The van der Waals surface area contributed by atoms with Crippen molar-refractivity contribution in [1.29, 1.82) is 0 Å². The molecule has 1 N–H and O–H groups in total. The van der Waals surface area contributed by atoms with Crippen molar-refractivity contribution in [2.75, 3.05) is 5.32 Å². The van der Waals surface area contributed by atoms with Crippen molar-refractivity contribution >= 4 is 28.2 Å². The number of carbonyl (C=O) groups is 1. The van der Waals surface area contributed by atoms with Crippen LogP contribution >= 0.6 is 0 Å².